The van der Waals surface area contributed by atoms with E-state index in [2.05, 4.69) is 65.1 Å². The first-order chi connectivity index (χ1) is 20.6. The van der Waals surface area contributed by atoms with Crippen LogP contribution >= 0.6 is 0 Å². The van der Waals surface area contributed by atoms with Gasteiger partial charge in [-0.05, 0) is 61.7 Å². The normalized spacial score (nSPS) is 17.4. The Kier molecular flexibility index (Phi) is 8.72. The van der Waals surface area contributed by atoms with Crippen LogP contribution in [0, 0.1) is 18.8 Å². The predicted octanol–water partition coefficient (Wildman–Crippen LogP) is 3.52. The molecule has 1 aromatic carbocycles. The largest absolute Gasteiger partial charge is 0.355 e. The van der Waals surface area contributed by atoms with E-state index < -0.39 is 0 Å². The maximum absolute atomic E-state index is 12.7. The predicted molar refractivity (Wildman–Crippen MR) is 162 cm³/mol. The lowest BCUT2D eigenvalue weighted by atomic mass is 9.96. The summed E-state index contributed by atoms with van der Waals surface area (Å²) in [6, 6.07) is 18.1. The van der Waals surface area contributed by atoms with Gasteiger partial charge in [-0.2, -0.15) is 0 Å². The first kappa shape index (κ1) is 27.9. The Morgan fingerprint density at radius 1 is 0.952 bits per heavy atom. The Labute approximate surface area is 246 Å². The molecule has 2 aliphatic heterocycles. The molecule has 2 aliphatic rings. The third-order valence-corrected chi connectivity index (χ3v) is 7.83. The highest BCUT2D eigenvalue weighted by molar-refractivity contribution is 5.79. The second-order valence-corrected chi connectivity index (χ2v) is 11.2. The van der Waals surface area contributed by atoms with Crippen LogP contribution < -0.4 is 16.0 Å². The van der Waals surface area contributed by atoms with E-state index in [-0.39, 0.29) is 11.8 Å². The highest BCUT2D eigenvalue weighted by Gasteiger charge is 2.27. The van der Waals surface area contributed by atoms with Crippen LogP contribution in [0.1, 0.15) is 35.5 Å². The number of benzene rings is 1. The van der Waals surface area contributed by atoms with E-state index in [1.54, 1.807) is 12.4 Å². The van der Waals surface area contributed by atoms with Gasteiger partial charge in [0.2, 0.25) is 5.91 Å². The molecule has 1 atom stereocenters. The van der Waals surface area contributed by atoms with Crippen LogP contribution in [-0.4, -0.2) is 68.5 Å². The van der Waals surface area contributed by atoms with Crippen molar-refractivity contribution in [2.24, 2.45) is 11.8 Å². The number of carbonyl (C=O) groups is 1. The summed E-state index contributed by atoms with van der Waals surface area (Å²) in [5, 5.41) is 9.70. The van der Waals surface area contributed by atoms with E-state index in [0.717, 1.165) is 74.9 Å². The zero-order valence-electron chi connectivity index (χ0n) is 24.0. The zero-order valence-corrected chi connectivity index (χ0v) is 24.0. The van der Waals surface area contributed by atoms with Gasteiger partial charge in [0.25, 0.3) is 0 Å². The number of rotatable bonds is 10. The summed E-state index contributed by atoms with van der Waals surface area (Å²) in [4.78, 5) is 37.8. The number of aryl methyl sites for hydroxylation is 1. The summed E-state index contributed by atoms with van der Waals surface area (Å²) in [5.74, 6) is 3.48. The van der Waals surface area contributed by atoms with Crippen LogP contribution in [0.5, 0.6) is 0 Å². The molecule has 3 aromatic heterocycles. The van der Waals surface area contributed by atoms with E-state index in [0.29, 0.717) is 29.8 Å². The fourth-order valence-corrected chi connectivity index (χ4v) is 5.40. The molecule has 5 heterocycles. The lowest BCUT2D eigenvalue weighted by Crippen LogP contribution is -2.50. The minimum Gasteiger partial charge on any atom is -0.355 e. The maximum Gasteiger partial charge on any atom is 0.224 e. The minimum atomic E-state index is 0.0808. The van der Waals surface area contributed by atoms with Crippen molar-refractivity contribution in [2.45, 2.75) is 32.7 Å². The Bertz CT molecular complexity index is 1510. The van der Waals surface area contributed by atoms with Crippen LogP contribution in [-0.2, 0) is 17.8 Å². The maximum atomic E-state index is 12.7. The molecule has 216 valence electrons. The van der Waals surface area contributed by atoms with Crippen molar-refractivity contribution in [1.82, 2.24) is 40.5 Å². The molecule has 2 saturated heterocycles. The van der Waals surface area contributed by atoms with Gasteiger partial charge < -0.3 is 16.0 Å². The molecule has 4 aromatic rings. The van der Waals surface area contributed by atoms with E-state index in [4.69, 9.17) is 4.98 Å². The van der Waals surface area contributed by atoms with Gasteiger partial charge in [0, 0.05) is 63.2 Å². The van der Waals surface area contributed by atoms with Crippen molar-refractivity contribution < 1.29 is 4.79 Å². The Hall–Kier alpha value is -4.28. The molecule has 6 rings (SSSR count). The fraction of sp³-hybridized carbons (Fsp3) is 0.375. The molecular weight excluding hydrogens is 526 g/mol. The number of nitrogens with one attached hydrogen (secondary N) is 3. The lowest BCUT2D eigenvalue weighted by molar-refractivity contribution is -0.127. The summed E-state index contributed by atoms with van der Waals surface area (Å²) in [6.45, 7) is 7.46. The smallest absolute Gasteiger partial charge is 0.224 e. The second kappa shape index (κ2) is 13.1. The summed E-state index contributed by atoms with van der Waals surface area (Å²) < 4.78 is 0. The first-order valence-electron chi connectivity index (χ1n) is 14.7. The van der Waals surface area contributed by atoms with Crippen LogP contribution in [0.4, 0.5) is 11.6 Å². The molecule has 3 N–H and O–H groups in total. The third kappa shape index (κ3) is 7.32. The molecule has 10 heteroatoms. The number of carbonyl (C=O) groups excluding carboxylic acids is 1. The summed E-state index contributed by atoms with van der Waals surface area (Å²) in [6.07, 6.45) is 6.13. The van der Waals surface area contributed by atoms with Gasteiger partial charge >= 0.3 is 0 Å². The number of likely N-dealkylation sites (tertiary alicyclic amines) is 1. The molecule has 2 fully saturated rings. The van der Waals surface area contributed by atoms with Crippen molar-refractivity contribution in [2.75, 3.05) is 38.0 Å². The molecule has 0 aliphatic carbocycles. The molecule has 10 nitrogen and oxygen atoms in total. The van der Waals surface area contributed by atoms with Crippen molar-refractivity contribution in [3.8, 4) is 11.5 Å². The van der Waals surface area contributed by atoms with Gasteiger partial charge in [-0.25, -0.2) is 24.9 Å². The monoisotopic (exact) mass is 563 g/mol. The summed E-state index contributed by atoms with van der Waals surface area (Å²) in [7, 11) is 0. The van der Waals surface area contributed by atoms with Crippen LogP contribution in [0.3, 0.4) is 0 Å². The van der Waals surface area contributed by atoms with Crippen molar-refractivity contribution in [1.29, 1.82) is 0 Å². The van der Waals surface area contributed by atoms with E-state index in [1.165, 1.54) is 5.56 Å². The molecule has 0 saturated carbocycles. The Morgan fingerprint density at radius 3 is 2.52 bits per heavy atom. The quantitative estimate of drug-likeness (QED) is 0.266. The highest BCUT2D eigenvalue weighted by Crippen LogP contribution is 2.21. The number of pyridine rings is 1. The van der Waals surface area contributed by atoms with Gasteiger partial charge in [-0.3, -0.25) is 9.69 Å². The van der Waals surface area contributed by atoms with Gasteiger partial charge in [-0.1, -0.05) is 30.3 Å². The minimum absolute atomic E-state index is 0.0808. The summed E-state index contributed by atoms with van der Waals surface area (Å²) in [5.41, 5.74) is 4.04. The number of nitrogens with zero attached hydrogens (tertiary/aromatic N) is 6. The van der Waals surface area contributed by atoms with Gasteiger partial charge in [0.1, 0.15) is 23.2 Å². The fourth-order valence-electron chi connectivity index (χ4n) is 5.40. The van der Waals surface area contributed by atoms with Crippen molar-refractivity contribution in [3.05, 3.63) is 89.6 Å². The number of piperidine rings is 1. The average molecular weight is 564 g/mol. The van der Waals surface area contributed by atoms with Gasteiger partial charge in [-0.15, -0.1) is 0 Å². The van der Waals surface area contributed by atoms with E-state index in [1.807, 2.05) is 37.3 Å². The molecular formula is C32H37N9O. The third-order valence-electron chi connectivity index (χ3n) is 7.83. The number of hydrogen-bond acceptors (Lipinski definition) is 9. The first-order valence-corrected chi connectivity index (χ1v) is 14.7. The second-order valence-electron chi connectivity index (χ2n) is 11.2. The Balaban J connectivity index is 1.02. The number of amides is 1. The van der Waals surface area contributed by atoms with Gasteiger partial charge in [0.05, 0.1) is 5.92 Å². The number of aromatic nitrogens is 5. The molecule has 1 unspecified atom stereocenters. The molecule has 1 amide bonds. The number of hydrogen-bond donors (Lipinski definition) is 3. The van der Waals surface area contributed by atoms with E-state index >= 15 is 0 Å². The SMILES string of the molecule is Cc1cccc(-c2nccc(Nc3ccnc(Cc4ccc(CN5CCCC(C(=O)NCC6CNC6)C5)cc4)n3)n2)n1. The topological polar surface area (TPSA) is 121 Å². The van der Waals surface area contributed by atoms with Crippen molar-refractivity contribution in [3.63, 3.8) is 0 Å². The average Bonchev–Trinajstić information content (AvgIpc) is 2.98. The Morgan fingerprint density at radius 2 is 1.74 bits per heavy atom. The van der Waals surface area contributed by atoms with Gasteiger partial charge in [0.15, 0.2) is 5.82 Å². The number of anilines is 2. The highest BCUT2D eigenvalue weighted by atomic mass is 16.1. The van der Waals surface area contributed by atoms with Crippen LogP contribution in [0.15, 0.2) is 67.0 Å². The van der Waals surface area contributed by atoms with Crippen LogP contribution in [0.2, 0.25) is 0 Å². The van der Waals surface area contributed by atoms with Crippen LogP contribution in [0.25, 0.3) is 11.5 Å². The molecule has 0 bridgehead atoms. The summed E-state index contributed by atoms with van der Waals surface area (Å²) >= 11 is 0. The van der Waals surface area contributed by atoms with Crippen molar-refractivity contribution >= 4 is 17.5 Å². The van der Waals surface area contributed by atoms with E-state index in [9.17, 15) is 4.79 Å². The lowest BCUT2D eigenvalue weighted by Gasteiger charge is -2.33. The zero-order chi connectivity index (χ0) is 28.7. The molecule has 0 spiro atoms. The molecule has 0 radical (unpaired) electrons. The molecule has 42 heavy (non-hydrogen) atoms. The standard InChI is InChI=1S/C32H37N9O/c1-22-4-2-6-27(37-22)31-35-14-12-29(40-31)38-28-11-13-34-30(39-28)16-23-7-9-24(10-8-23)20-41-15-3-5-26(21-41)32(42)36-19-25-17-33-18-25/h2,4,6-14,25-26,33H,3,5,15-21H2,1H3,(H,36,42)(H,34,35,38,39,40).